The minimum Gasteiger partial charge on any atom is -0.392 e. The lowest BCUT2D eigenvalue weighted by Crippen LogP contribution is -2.36. The van der Waals surface area contributed by atoms with Gasteiger partial charge in [-0.15, -0.1) is 0 Å². The Balaban J connectivity index is 2.08. The highest BCUT2D eigenvalue weighted by molar-refractivity contribution is 5.63. The Morgan fingerprint density at radius 2 is 1.43 bits per heavy atom. The molecule has 0 bridgehead atoms. The van der Waals surface area contributed by atoms with Crippen molar-refractivity contribution >= 4 is 0 Å². The summed E-state index contributed by atoms with van der Waals surface area (Å²) < 4.78 is 0. The Hall–Kier alpha value is -1.64. The zero-order valence-corrected chi connectivity index (χ0v) is 13.2. The van der Waals surface area contributed by atoms with Crippen LogP contribution in [-0.2, 0) is 6.54 Å². The third-order valence-electron chi connectivity index (χ3n) is 3.68. The predicted octanol–water partition coefficient (Wildman–Crippen LogP) is 3.94. The topological polar surface area (TPSA) is 23.5 Å². The second-order valence-electron chi connectivity index (χ2n) is 5.94. The van der Waals surface area contributed by atoms with Gasteiger partial charge < -0.3 is 5.11 Å². The van der Waals surface area contributed by atoms with Crippen molar-refractivity contribution in [2.24, 2.45) is 0 Å². The number of hydrogen-bond acceptors (Lipinski definition) is 2. The van der Waals surface area contributed by atoms with Gasteiger partial charge in [0.15, 0.2) is 0 Å². The first kappa shape index (κ1) is 15.7. The number of aliphatic hydroxyl groups excluding tert-OH is 1. The lowest BCUT2D eigenvalue weighted by Gasteiger charge is -2.27. The highest BCUT2D eigenvalue weighted by Gasteiger charge is 2.12. The molecule has 0 saturated carbocycles. The van der Waals surface area contributed by atoms with Crippen LogP contribution in [0, 0.1) is 0 Å². The maximum atomic E-state index is 9.60. The first-order valence-electron chi connectivity index (χ1n) is 7.62. The Labute approximate surface area is 128 Å². The van der Waals surface area contributed by atoms with Gasteiger partial charge in [0, 0.05) is 19.1 Å². The van der Waals surface area contributed by atoms with E-state index in [-0.39, 0.29) is 6.10 Å². The summed E-state index contributed by atoms with van der Waals surface area (Å²) in [5.74, 6) is 0. The number of nitrogens with zero attached hydrogens (tertiary/aromatic N) is 1. The van der Waals surface area contributed by atoms with Crippen LogP contribution in [0.2, 0.25) is 0 Å². The molecular weight excluding hydrogens is 258 g/mol. The molecule has 0 aliphatic rings. The second-order valence-corrected chi connectivity index (χ2v) is 5.94. The molecule has 0 heterocycles. The molecule has 2 rings (SSSR count). The van der Waals surface area contributed by atoms with E-state index < -0.39 is 0 Å². The lowest BCUT2D eigenvalue weighted by molar-refractivity contribution is 0.103. The summed E-state index contributed by atoms with van der Waals surface area (Å²) in [5, 5.41) is 9.60. The van der Waals surface area contributed by atoms with Crippen LogP contribution in [-0.4, -0.2) is 28.7 Å². The third-order valence-corrected chi connectivity index (χ3v) is 3.68. The van der Waals surface area contributed by atoms with Crippen LogP contribution < -0.4 is 0 Å². The summed E-state index contributed by atoms with van der Waals surface area (Å²) in [4.78, 5) is 2.29. The van der Waals surface area contributed by atoms with E-state index >= 15 is 0 Å². The van der Waals surface area contributed by atoms with Crippen molar-refractivity contribution in [3.63, 3.8) is 0 Å². The molecule has 0 aliphatic heterocycles. The molecule has 2 aromatic carbocycles. The van der Waals surface area contributed by atoms with Crippen molar-refractivity contribution in [3.05, 3.63) is 60.2 Å². The second kappa shape index (κ2) is 7.39. The summed E-state index contributed by atoms with van der Waals surface area (Å²) in [6.45, 7) is 7.76. The maximum absolute atomic E-state index is 9.60. The first-order chi connectivity index (χ1) is 10.1. The van der Waals surface area contributed by atoms with Crippen LogP contribution in [0.25, 0.3) is 11.1 Å². The molecule has 2 nitrogen and oxygen atoms in total. The van der Waals surface area contributed by atoms with E-state index in [0.29, 0.717) is 12.6 Å². The molecule has 112 valence electrons. The summed E-state index contributed by atoms with van der Waals surface area (Å²) >= 11 is 0. The number of benzene rings is 2. The highest BCUT2D eigenvalue weighted by atomic mass is 16.3. The quantitative estimate of drug-likeness (QED) is 0.868. The number of rotatable bonds is 6. The van der Waals surface area contributed by atoms with Crippen molar-refractivity contribution in [3.8, 4) is 11.1 Å². The molecule has 0 saturated heterocycles. The smallest absolute Gasteiger partial charge is 0.0639 e. The van der Waals surface area contributed by atoms with Gasteiger partial charge >= 0.3 is 0 Å². The van der Waals surface area contributed by atoms with Crippen molar-refractivity contribution in [2.45, 2.75) is 39.5 Å². The molecular formula is C19H25NO. The summed E-state index contributed by atoms with van der Waals surface area (Å²) in [6.07, 6.45) is -0.295. The van der Waals surface area contributed by atoms with E-state index in [0.717, 1.165) is 6.54 Å². The van der Waals surface area contributed by atoms with E-state index in [1.807, 2.05) is 13.0 Å². The van der Waals surface area contributed by atoms with Crippen LogP contribution in [0.4, 0.5) is 0 Å². The third kappa shape index (κ3) is 4.69. The Morgan fingerprint density at radius 3 is 1.95 bits per heavy atom. The van der Waals surface area contributed by atoms with Gasteiger partial charge in [-0.3, -0.25) is 4.90 Å². The molecule has 0 fully saturated rings. The summed E-state index contributed by atoms with van der Waals surface area (Å²) in [7, 11) is 0. The lowest BCUT2D eigenvalue weighted by atomic mass is 10.0. The van der Waals surface area contributed by atoms with Crippen molar-refractivity contribution in [2.75, 3.05) is 6.54 Å². The normalized spacial score (nSPS) is 12.9. The molecule has 0 aliphatic carbocycles. The predicted molar refractivity (Wildman–Crippen MR) is 89.1 cm³/mol. The van der Waals surface area contributed by atoms with Gasteiger partial charge in [-0.05, 0) is 37.5 Å². The minimum atomic E-state index is -0.295. The van der Waals surface area contributed by atoms with Gasteiger partial charge in [0.1, 0.15) is 0 Å². The Bertz CT molecular complexity index is 531. The van der Waals surface area contributed by atoms with Gasteiger partial charge in [0.2, 0.25) is 0 Å². The molecule has 1 unspecified atom stereocenters. The average molecular weight is 283 g/mol. The average Bonchev–Trinajstić information content (AvgIpc) is 2.48. The van der Waals surface area contributed by atoms with Crippen LogP contribution in [0.5, 0.6) is 0 Å². The summed E-state index contributed by atoms with van der Waals surface area (Å²) in [5.41, 5.74) is 3.77. The zero-order valence-electron chi connectivity index (χ0n) is 13.2. The fraction of sp³-hybridized carbons (Fsp3) is 0.368. The SMILES string of the molecule is CC(O)CN(Cc1ccc(-c2ccccc2)cc1)C(C)C. The van der Waals surface area contributed by atoms with Crippen LogP contribution in [0.3, 0.4) is 0 Å². The number of hydrogen-bond donors (Lipinski definition) is 1. The zero-order chi connectivity index (χ0) is 15.2. The standard InChI is InChI=1S/C19H25NO/c1-15(2)20(13-16(3)21)14-17-9-11-19(12-10-17)18-7-5-4-6-8-18/h4-12,15-16,21H,13-14H2,1-3H3. The first-order valence-corrected chi connectivity index (χ1v) is 7.62. The molecule has 2 aromatic rings. The van der Waals surface area contributed by atoms with Crippen LogP contribution in [0.1, 0.15) is 26.3 Å². The van der Waals surface area contributed by atoms with Crippen LogP contribution >= 0.6 is 0 Å². The van der Waals surface area contributed by atoms with Crippen molar-refractivity contribution < 1.29 is 5.11 Å². The molecule has 0 spiro atoms. The molecule has 0 aromatic heterocycles. The monoisotopic (exact) mass is 283 g/mol. The van der Waals surface area contributed by atoms with Gasteiger partial charge in [-0.25, -0.2) is 0 Å². The largest absolute Gasteiger partial charge is 0.392 e. The molecule has 0 radical (unpaired) electrons. The van der Waals surface area contributed by atoms with E-state index in [2.05, 4.69) is 67.3 Å². The summed E-state index contributed by atoms with van der Waals surface area (Å²) in [6, 6.07) is 19.5. The minimum absolute atomic E-state index is 0.295. The Kier molecular flexibility index (Phi) is 5.54. The van der Waals surface area contributed by atoms with E-state index in [1.54, 1.807) is 0 Å². The van der Waals surface area contributed by atoms with E-state index in [1.165, 1.54) is 16.7 Å². The molecule has 1 N–H and O–H groups in total. The fourth-order valence-corrected chi connectivity index (χ4v) is 2.47. The van der Waals surface area contributed by atoms with Gasteiger partial charge in [-0.1, -0.05) is 54.6 Å². The molecule has 21 heavy (non-hydrogen) atoms. The molecule has 2 heteroatoms. The maximum Gasteiger partial charge on any atom is 0.0639 e. The Morgan fingerprint density at radius 1 is 0.857 bits per heavy atom. The number of aliphatic hydroxyl groups is 1. The molecule has 0 amide bonds. The van der Waals surface area contributed by atoms with Gasteiger partial charge in [0.25, 0.3) is 0 Å². The highest BCUT2D eigenvalue weighted by Crippen LogP contribution is 2.20. The van der Waals surface area contributed by atoms with Gasteiger partial charge in [0.05, 0.1) is 6.10 Å². The van der Waals surface area contributed by atoms with E-state index in [9.17, 15) is 5.11 Å². The molecule has 1 atom stereocenters. The van der Waals surface area contributed by atoms with Crippen LogP contribution in [0.15, 0.2) is 54.6 Å². The van der Waals surface area contributed by atoms with E-state index in [4.69, 9.17) is 0 Å². The van der Waals surface area contributed by atoms with Crippen molar-refractivity contribution in [1.29, 1.82) is 0 Å². The van der Waals surface area contributed by atoms with Crippen molar-refractivity contribution in [1.82, 2.24) is 4.90 Å². The fourth-order valence-electron chi connectivity index (χ4n) is 2.47. The van der Waals surface area contributed by atoms with Gasteiger partial charge in [-0.2, -0.15) is 0 Å².